The molecule has 2 fully saturated rings. The summed E-state index contributed by atoms with van der Waals surface area (Å²) < 4.78 is 6.17. The number of hydrogen-bond donors (Lipinski definition) is 1. The van der Waals surface area contributed by atoms with Crippen molar-refractivity contribution in [3.8, 4) is 16.9 Å². The molecule has 2 aromatic rings. The summed E-state index contributed by atoms with van der Waals surface area (Å²) in [5, 5.41) is 0. The number of rotatable bonds is 7. The first-order chi connectivity index (χ1) is 15.3. The van der Waals surface area contributed by atoms with Crippen molar-refractivity contribution in [2.75, 3.05) is 32.8 Å². The van der Waals surface area contributed by atoms with Crippen LogP contribution in [-0.4, -0.2) is 37.7 Å². The highest BCUT2D eigenvalue weighted by atomic mass is 16.5. The number of nitrogens with zero attached hydrogens (tertiary/aromatic N) is 1. The summed E-state index contributed by atoms with van der Waals surface area (Å²) >= 11 is 0. The molecular weight excluding hydrogens is 380 g/mol. The maximum atomic E-state index is 6.17. The quantitative estimate of drug-likeness (QED) is 0.608. The summed E-state index contributed by atoms with van der Waals surface area (Å²) in [4.78, 5) is 2.42. The van der Waals surface area contributed by atoms with Gasteiger partial charge in [0.1, 0.15) is 12.4 Å². The average Bonchev–Trinajstić information content (AvgIpc) is 3.56. The molecule has 5 rings (SSSR count). The molecule has 0 aromatic heterocycles. The number of ether oxygens (including phenoxy) is 1. The van der Waals surface area contributed by atoms with E-state index in [1.165, 1.54) is 61.0 Å². The summed E-state index contributed by atoms with van der Waals surface area (Å²) in [6, 6.07) is 17.3. The van der Waals surface area contributed by atoms with Gasteiger partial charge in [0.25, 0.3) is 0 Å². The van der Waals surface area contributed by atoms with Crippen molar-refractivity contribution in [3.05, 3.63) is 77.9 Å². The van der Waals surface area contributed by atoms with Crippen LogP contribution in [0, 0.1) is 0 Å². The van der Waals surface area contributed by atoms with E-state index in [0.29, 0.717) is 6.61 Å². The lowest BCUT2D eigenvalue weighted by atomic mass is 10.00. The molecule has 2 N–H and O–H groups in total. The molecule has 3 heteroatoms. The molecule has 1 heterocycles. The molecule has 0 atom stereocenters. The zero-order valence-electron chi connectivity index (χ0n) is 18.6. The van der Waals surface area contributed by atoms with Gasteiger partial charge in [-0.15, -0.1) is 0 Å². The summed E-state index contributed by atoms with van der Waals surface area (Å²) in [5.74, 6) is 1.75. The highest BCUT2D eigenvalue weighted by Crippen LogP contribution is 2.43. The van der Waals surface area contributed by atoms with E-state index < -0.39 is 0 Å². The van der Waals surface area contributed by atoms with Crippen molar-refractivity contribution < 1.29 is 4.74 Å². The van der Waals surface area contributed by atoms with Gasteiger partial charge < -0.3 is 15.4 Å². The Morgan fingerprint density at radius 2 is 1.77 bits per heavy atom. The third kappa shape index (κ3) is 6.56. The summed E-state index contributed by atoms with van der Waals surface area (Å²) in [6.45, 7) is 5.12. The van der Waals surface area contributed by atoms with Crippen molar-refractivity contribution in [3.63, 3.8) is 0 Å². The lowest BCUT2D eigenvalue weighted by Crippen LogP contribution is -2.26. The van der Waals surface area contributed by atoms with Gasteiger partial charge in [0.05, 0.1) is 0 Å². The Morgan fingerprint density at radius 3 is 2.45 bits per heavy atom. The third-order valence-corrected chi connectivity index (χ3v) is 6.25. The maximum absolute atomic E-state index is 6.17. The second kappa shape index (κ2) is 11.3. The summed E-state index contributed by atoms with van der Waals surface area (Å²) in [5.41, 5.74) is 10.6. The van der Waals surface area contributed by atoms with Crippen molar-refractivity contribution in [2.45, 2.75) is 44.4 Å². The summed E-state index contributed by atoms with van der Waals surface area (Å²) in [6.07, 6.45) is 14.4. The molecule has 0 amide bonds. The normalized spacial score (nSPS) is 18.3. The standard InChI is InChI=1S/C22H22O.C6H14N2/c1-3-7-17(8-4-1)16-23-22-14-13-20(18-11-12-18)15-21(22)19-9-5-2-6-10-19;7-3-6-8-4-1-2-5-8/h2-3,5-10,13-15,18H,1,4,11-12,16H2;1-7H2. The molecule has 0 bridgehead atoms. The zero-order valence-corrected chi connectivity index (χ0v) is 18.6. The van der Waals surface area contributed by atoms with Gasteiger partial charge in [0, 0.05) is 18.7 Å². The van der Waals surface area contributed by atoms with Gasteiger partial charge in [0.2, 0.25) is 0 Å². The van der Waals surface area contributed by atoms with Crippen LogP contribution >= 0.6 is 0 Å². The topological polar surface area (TPSA) is 38.5 Å². The molecule has 2 aliphatic carbocycles. The Balaban J connectivity index is 0.000000245. The average molecular weight is 417 g/mol. The fraction of sp³-hybridized carbons (Fsp3) is 0.429. The molecule has 2 aromatic carbocycles. The van der Waals surface area contributed by atoms with Gasteiger partial charge in [-0.25, -0.2) is 0 Å². The van der Waals surface area contributed by atoms with E-state index in [2.05, 4.69) is 71.7 Å². The molecular formula is C28H36N2O. The molecule has 1 aliphatic heterocycles. The molecule has 0 unspecified atom stereocenters. The van der Waals surface area contributed by atoms with E-state index in [1.807, 2.05) is 0 Å². The fourth-order valence-electron chi connectivity index (χ4n) is 4.31. The molecule has 0 radical (unpaired) electrons. The second-order valence-corrected chi connectivity index (χ2v) is 8.78. The lowest BCUT2D eigenvalue weighted by molar-refractivity contribution is 0.349. The molecule has 3 aliphatic rings. The number of benzene rings is 2. The first-order valence-corrected chi connectivity index (χ1v) is 11.9. The smallest absolute Gasteiger partial charge is 0.127 e. The molecule has 1 saturated carbocycles. The van der Waals surface area contributed by atoms with Crippen LogP contribution < -0.4 is 10.5 Å². The maximum Gasteiger partial charge on any atom is 0.127 e. The minimum atomic E-state index is 0.652. The SMILES string of the molecule is C1=CC(COc2ccc(C3CC3)cc2-c2ccccc2)=CCC1.NCCN1CCCC1. The Kier molecular flexibility index (Phi) is 7.98. The van der Waals surface area contributed by atoms with Gasteiger partial charge in [0.15, 0.2) is 0 Å². The largest absolute Gasteiger partial charge is 0.488 e. The van der Waals surface area contributed by atoms with Crippen molar-refractivity contribution in [2.24, 2.45) is 5.73 Å². The van der Waals surface area contributed by atoms with Crippen LogP contribution in [0.25, 0.3) is 11.1 Å². The molecule has 31 heavy (non-hydrogen) atoms. The van der Waals surface area contributed by atoms with E-state index in [-0.39, 0.29) is 0 Å². The van der Waals surface area contributed by atoms with Crippen LogP contribution in [0.1, 0.15) is 50.0 Å². The number of allylic oxidation sites excluding steroid dienone is 2. The van der Waals surface area contributed by atoms with Crippen molar-refractivity contribution in [1.29, 1.82) is 0 Å². The van der Waals surface area contributed by atoms with Crippen LogP contribution in [-0.2, 0) is 0 Å². The van der Waals surface area contributed by atoms with E-state index in [0.717, 1.165) is 37.6 Å². The number of likely N-dealkylation sites (tertiary alicyclic amines) is 1. The minimum absolute atomic E-state index is 0.652. The lowest BCUT2D eigenvalue weighted by Gasteiger charge is -2.15. The van der Waals surface area contributed by atoms with E-state index in [4.69, 9.17) is 10.5 Å². The molecule has 1 saturated heterocycles. The molecule has 0 spiro atoms. The zero-order chi connectivity index (χ0) is 21.3. The second-order valence-electron chi connectivity index (χ2n) is 8.78. The van der Waals surface area contributed by atoms with Crippen LogP contribution in [0.5, 0.6) is 5.75 Å². The van der Waals surface area contributed by atoms with Gasteiger partial charge in [-0.1, -0.05) is 54.6 Å². The van der Waals surface area contributed by atoms with E-state index in [9.17, 15) is 0 Å². The Hall–Kier alpha value is -2.36. The highest BCUT2D eigenvalue weighted by molar-refractivity contribution is 5.71. The Morgan fingerprint density at radius 1 is 0.968 bits per heavy atom. The van der Waals surface area contributed by atoms with Crippen LogP contribution in [0.15, 0.2) is 72.3 Å². The van der Waals surface area contributed by atoms with Gasteiger partial charge in [-0.2, -0.15) is 0 Å². The predicted molar refractivity (Wildman–Crippen MR) is 131 cm³/mol. The minimum Gasteiger partial charge on any atom is -0.488 e. The monoisotopic (exact) mass is 416 g/mol. The Bertz CT molecular complexity index is 877. The number of hydrogen-bond acceptors (Lipinski definition) is 3. The predicted octanol–water partition coefficient (Wildman–Crippen LogP) is 5.93. The van der Waals surface area contributed by atoms with Gasteiger partial charge >= 0.3 is 0 Å². The molecule has 164 valence electrons. The van der Waals surface area contributed by atoms with Crippen LogP contribution in [0.2, 0.25) is 0 Å². The molecule has 3 nitrogen and oxygen atoms in total. The first-order valence-electron chi connectivity index (χ1n) is 11.9. The van der Waals surface area contributed by atoms with Gasteiger partial charge in [-0.3, -0.25) is 0 Å². The van der Waals surface area contributed by atoms with Crippen LogP contribution in [0.3, 0.4) is 0 Å². The van der Waals surface area contributed by atoms with E-state index in [1.54, 1.807) is 0 Å². The van der Waals surface area contributed by atoms with Crippen molar-refractivity contribution >= 4 is 0 Å². The number of nitrogens with two attached hydrogens (primary N) is 1. The first kappa shape index (κ1) is 21.9. The Labute approximate surface area is 187 Å². The summed E-state index contributed by atoms with van der Waals surface area (Å²) in [7, 11) is 0. The highest BCUT2D eigenvalue weighted by Gasteiger charge is 2.24. The van der Waals surface area contributed by atoms with Gasteiger partial charge in [-0.05, 0) is 86.4 Å². The third-order valence-electron chi connectivity index (χ3n) is 6.25. The van der Waals surface area contributed by atoms with E-state index >= 15 is 0 Å². The van der Waals surface area contributed by atoms with Crippen LogP contribution in [0.4, 0.5) is 0 Å². The van der Waals surface area contributed by atoms with Crippen molar-refractivity contribution in [1.82, 2.24) is 4.90 Å². The fourth-order valence-corrected chi connectivity index (χ4v) is 4.31.